The Labute approximate surface area is 36.6 Å². The zero-order valence-electron chi connectivity index (χ0n) is 5.58. The van der Waals surface area contributed by atoms with Gasteiger partial charge in [-0.25, -0.2) is 0 Å². The van der Waals surface area contributed by atoms with Crippen LogP contribution in [0.25, 0.3) is 0 Å². The predicted octanol–water partition coefficient (Wildman–Crippen LogP) is 2.30. The minimum absolute atomic E-state index is 0.833. The topological polar surface area (TPSA) is 0 Å². The van der Waals surface area contributed by atoms with Gasteiger partial charge in [-0.3, -0.25) is 0 Å². The summed E-state index contributed by atoms with van der Waals surface area (Å²) in [6.45, 7) is 6.50. The van der Waals surface area contributed by atoms with Crippen LogP contribution in [-0.2, 0) is 0 Å². The molecule has 0 heterocycles. The molecule has 0 aliphatic heterocycles. The standard InChI is InChI=1S/C4H10.CH4/c1-4(2)3;/h4H,1-3H3;1H4/i;1T. The second-order valence-electron chi connectivity index (χ2n) is 1.73. The van der Waals surface area contributed by atoms with Gasteiger partial charge in [0.2, 0.25) is 0 Å². The Balaban J connectivity index is 0. The van der Waals surface area contributed by atoms with Crippen LogP contribution in [0.1, 0.15) is 29.5 Å². The smallest absolute Gasteiger partial charge is 0.0194 e. The maximum Gasteiger partial charge on any atom is 0.0194 e. The molecular formula is C5H14. The van der Waals surface area contributed by atoms with Crippen molar-refractivity contribution in [2.45, 2.75) is 28.2 Å². The van der Waals surface area contributed by atoms with Crippen molar-refractivity contribution in [3.63, 3.8) is 0 Å². The summed E-state index contributed by atoms with van der Waals surface area (Å²) in [5, 5.41) is 0. The molecule has 0 saturated heterocycles. The molecule has 0 aromatic rings. The lowest BCUT2D eigenvalue weighted by Crippen LogP contribution is -1.66. The highest BCUT2D eigenvalue weighted by Crippen LogP contribution is 1.81. The molecule has 0 radical (unpaired) electrons. The molecular weight excluding hydrogens is 60.1 g/mol. The van der Waals surface area contributed by atoms with Crippen molar-refractivity contribution in [1.82, 2.24) is 0 Å². The molecule has 34 valence electrons. The molecule has 0 atom stereocenters. The van der Waals surface area contributed by atoms with Crippen LogP contribution in [0.15, 0.2) is 0 Å². The fourth-order valence-corrected chi connectivity index (χ4v) is 0. The van der Waals surface area contributed by atoms with Gasteiger partial charge in [0.05, 0.1) is 0 Å². The van der Waals surface area contributed by atoms with Crippen LogP contribution in [-0.4, -0.2) is 0 Å². The minimum atomic E-state index is 0.833. The number of hydrogen-bond acceptors (Lipinski definition) is 0. The van der Waals surface area contributed by atoms with Gasteiger partial charge in [-0.05, 0) is 5.92 Å². The summed E-state index contributed by atoms with van der Waals surface area (Å²) < 4.78 is 5.75. The highest BCUT2D eigenvalue weighted by molar-refractivity contribution is 4.20. The minimum Gasteiger partial charge on any atom is -0.0776 e. The van der Waals surface area contributed by atoms with Gasteiger partial charge in [-0.1, -0.05) is 28.2 Å². The third-order valence-corrected chi connectivity index (χ3v) is 0. The van der Waals surface area contributed by atoms with E-state index in [0.29, 0.717) is 0 Å². The zero-order valence-corrected chi connectivity index (χ0v) is 4.58. The average molecular weight is 76.2 g/mol. The lowest BCUT2D eigenvalue weighted by molar-refractivity contribution is 0.737. The Morgan fingerprint density at radius 2 is 1.40 bits per heavy atom. The SMILES string of the molecule is CC(C)C.[3H]C. The Kier molecular flexibility index (Phi) is 4.00. The number of rotatable bonds is 0. The van der Waals surface area contributed by atoms with Crippen LogP contribution in [0, 0.1) is 5.92 Å². The zero-order chi connectivity index (χ0) is 5.58. The van der Waals surface area contributed by atoms with Gasteiger partial charge < -0.3 is 0 Å². The van der Waals surface area contributed by atoms with Crippen LogP contribution in [0.3, 0.4) is 0 Å². The van der Waals surface area contributed by atoms with E-state index in [-0.39, 0.29) is 0 Å². The summed E-state index contributed by atoms with van der Waals surface area (Å²) in [4.78, 5) is 0. The van der Waals surface area contributed by atoms with Crippen molar-refractivity contribution in [3.05, 3.63) is 0 Å². The Morgan fingerprint density at radius 3 is 1.40 bits per heavy atom. The molecule has 0 aliphatic carbocycles. The van der Waals surface area contributed by atoms with Crippen LogP contribution in [0.2, 0.25) is 0 Å². The molecule has 0 aliphatic rings. The summed E-state index contributed by atoms with van der Waals surface area (Å²) >= 11 is 0. The van der Waals surface area contributed by atoms with Gasteiger partial charge in [-0.2, -0.15) is 0 Å². The fraction of sp³-hybridized carbons (Fsp3) is 1.00. The summed E-state index contributed by atoms with van der Waals surface area (Å²) in [6, 6.07) is 0. The van der Waals surface area contributed by atoms with Crippen molar-refractivity contribution in [3.8, 4) is 0 Å². The maximum absolute atomic E-state index is 5.75. The van der Waals surface area contributed by atoms with E-state index in [1.165, 1.54) is 7.40 Å². The molecule has 0 rings (SSSR count). The van der Waals surface area contributed by atoms with Crippen molar-refractivity contribution < 1.29 is 1.37 Å². The normalized spacial score (nSPS) is 8.60. The van der Waals surface area contributed by atoms with Gasteiger partial charge in [-0.15, -0.1) is 0 Å². The molecule has 0 aromatic carbocycles. The van der Waals surface area contributed by atoms with Crippen molar-refractivity contribution in [2.75, 3.05) is 0 Å². The molecule has 0 aromatic heterocycles. The Bertz CT molecular complexity index is 8.66. The third kappa shape index (κ3) is 0. The van der Waals surface area contributed by atoms with Crippen molar-refractivity contribution in [1.29, 1.82) is 0 Å². The van der Waals surface area contributed by atoms with E-state index in [9.17, 15) is 0 Å². The van der Waals surface area contributed by atoms with E-state index in [0.717, 1.165) is 5.92 Å². The van der Waals surface area contributed by atoms with Gasteiger partial charge in [0.1, 0.15) is 0 Å². The maximum atomic E-state index is 5.75. The van der Waals surface area contributed by atoms with Crippen molar-refractivity contribution >= 4 is 0 Å². The molecule has 0 heteroatoms. The Morgan fingerprint density at radius 1 is 1.40 bits per heavy atom. The first-order chi connectivity index (χ1) is 2.73. The van der Waals surface area contributed by atoms with Gasteiger partial charge in [0.25, 0.3) is 0 Å². The number of hydrogen-bond donors (Lipinski definition) is 0. The summed E-state index contributed by atoms with van der Waals surface area (Å²) in [5.74, 6) is 0.833. The van der Waals surface area contributed by atoms with Crippen molar-refractivity contribution in [2.24, 2.45) is 5.92 Å². The van der Waals surface area contributed by atoms with E-state index in [2.05, 4.69) is 20.8 Å². The molecule has 0 unspecified atom stereocenters. The van der Waals surface area contributed by atoms with E-state index in [1.54, 1.807) is 0 Å². The molecule has 0 amide bonds. The van der Waals surface area contributed by atoms with Gasteiger partial charge in [0.15, 0.2) is 0 Å². The molecule has 0 saturated carbocycles. The van der Waals surface area contributed by atoms with Gasteiger partial charge in [0, 0.05) is 1.37 Å². The highest BCUT2D eigenvalue weighted by Gasteiger charge is 1.68. The first-order valence-corrected chi connectivity index (χ1v) is 1.73. The summed E-state index contributed by atoms with van der Waals surface area (Å²) in [7, 11) is 1.25. The van der Waals surface area contributed by atoms with E-state index >= 15 is 0 Å². The van der Waals surface area contributed by atoms with Crippen LogP contribution < -0.4 is 0 Å². The van der Waals surface area contributed by atoms with E-state index in [1.807, 2.05) is 0 Å². The summed E-state index contributed by atoms with van der Waals surface area (Å²) in [5.41, 5.74) is 0. The second-order valence-corrected chi connectivity index (χ2v) is 1.73. The molecule has 0 fully saturated rings. The molecule has 0 N–H and O–H groups in total. The van der Waals surface area contributed by atoms with Crippen LogP contribution >= 0.6 is 0 Å². The average Bonchev–Trinajstić information content (AvgIpc) is 1.41. The molecule has 0 nitrogen and oxygen atoms in total. The first-order valence-electron chi connectivity index (χ1n) is 2.73. The monoisotopic (exact) mass is 76.1 g/mol. The van der Waals surface area contributed by atoms with Gasteiger partial charge >= 0.3 is 0 Å². The Hall–Kier alpha value is 0. The first kappa shape index (κ1) is 5.00. The second kappa shape index (κ2) is 4.00. The molecule has 0 bridgehead atoms. The largest absolute Gasteiger partial charge is 0.0776 e. The quantitative estimate of drug-likeness (QED) is 0.415. The lowest BCUT2D eigenvalue weighted by Gasteiger charge is -1.79. The third-order valence-electron chi connectivity index (χ3n) is 0. The predicted molar refractivity (Wildman–Crippen MR) is 27.2 cm³/mol. The highest BCUT2D eigenvalue weighted by atomic mass is 13.7. The van der Waals surface area contributed by atoms with E-state index < -0.39 is 0 Å². The van der Waals surface area contributed by atoms with Crippen LogP contribution in [0.5, 0.6) is 0 Å². The summed E-state index contributed by atoms with van der Waals surface area (Å²) in [6.07, 6.45) is 0. The molecule has 5 heavy (non-hydrogen) atoms. The van der Waals surface area contributed by atoms with Crippen LogP contribution in [0.4, 0.5) is 0 Å². The van der Waals surface area contributed by atoms with E-state index in [4.69, 9.17) is 1.37 Å². The fourth-order valence-electron chi connectivity index (χ4n) is 0. The lowest BCUT2D eigenvalue weighted by atomic mass is 10.3. The molecule has 0 spiro atoms.